The molecule has 6 heteroatoms. The van der Waals surface area contributed by atoms with Gasteiger partial charge in [0.2, 0.25) is 0 Å². The van der Waals surface area contributed by atoms with E-state index < -0.39 is 10.1 Å². The van der Waals surface area contributed by atoms with Gasteiger partial charge < -0.3 is 14.4 Å². The number of hydrogen-bond donors (Lipinski definition) is 1. The maximum Gasteiger partial charge on any atom is 0.0948 e. The van der Waals surface area contributed by atoms with Crippen molar-refractivity contribution in [3.63, 3.8) is 0 Å². The highest BCUT2D eigenvalue weighted by Crippen LogP contribution is 2.02. The van der Waals surface area contributed by atoms with Gasteiger partial charge in [0.05, 0.1) is 37.3 Å². The van der Waals surface area contributed by atoms with E-state index in [2.05, 4.69) is 5.32 Å². The average molecular weight is 264 g/mol. The van der Waals surface area contributed by atoms with Crippen molar-refractivity contribution in [2.24, 2.45) is 0 Å². The van der Waals surface area contributed by atoms with Crippen LogP contribution in [0.25, 0.3) is 0 Å². The van der Waals surface area contributed by atoms with Gasteiger partial charge in [0.15, 0.2) is 0 Å². The minimum atomic E-state index is -4.06. The predicted molar refractivity (Wildman–Crippen MR) is 68.5 cm³/mol. The van der Waals surface area contributed by atoms with Crippen LogP contribution >= 0.6 is 0 Å². The molecular weight excluding hydrogens is 240 g/mol. The average Bonchev–Trinajstić information content (AvgIpc) is 2.14. The Morgan fingerprint density at radius 2 is 1.82 bits per heavy atom. The van der Waals surface area contributed by atoms with Crippen LogP contribution in [0.15, 0.2) is 12.3 Å². The smallest absolute Gasteiger partial charge is 0.0948 e. The Kier molecular flexibility index (Phi) is 7.41. The molecule has 0 bridgehead atoms. The topological polar surface area (TPSA) is 69.2 Å². The summed E-state index contributed by atoms with van der Waals surface area (Å²) in [6.07, 6.45) is 5.30. The summed E-state index contributed by atoms with van der Waals surface area (Å²) in [6.45, 7) is 4.54. The number of rotatable bonds is 9. The van der Waals surface area contributed by atoms with E-state index in [-0.39, 0.29) is 5.75 Å². The lowest BCUT2D eigenvalue weighted by Crippen LogP contribution is -2.42. The number of quaternary nitrogens is 1. The Balaban J connectivity index is 3.72. The summed E-state index contributed by atoms with van der Waals surface area (Å²) in [4.78, 5) is 0. The molecule has 0 aromatic heterocycles. The molecule has 0 unspecified atom stereocenters. The first kappa shape index (κ1) is 16.4. The summed E-state index contributed by atoms with van der Waals surface area (Å²) in [5.74, 6) is -0.258. The second-order valence-corrected chi connectivity index (χ2v) is 6.33. The van der Waals surface area contributed by atoms with Crippen LogP contribution in [0.2, 0.25) is 0 Å². The molecule has 0 atom stereocenters. The molecule has 0 aromatic carbocycles. The van der Waals surface area contributed by atoms with Gasteiger partial charge in [-0.05, 0) is 13.1 Å². The quantitative estimate of drug-likeness (QED) is 0.374. The van der Waals surface area contributed by atoms with Gasteiger partial charge in [0.25, 0.3) is 0 Å². The molecule has 0 fully saturated rings. The van der Waals surface area contributed by atoms with Crippen LogP contribution in [0.3, 0.4) is 0 Å². The zero-order valence-electron chi connectivity index (χ0n) is 11.0. The van der Waals surface area contributed by atoms with Gasteiger partial charge in [-0.3, -0.25) is 0 Å². The van der Waals surface area contributed by atoms with Crippen LogP contribution in [0.5, 0.6) is 0 Å². The van der Waals surface area contributed by atoms with Gasteiger partial charge in [-0.1, -0.05) is 6.08 Å². The molecule has 0 aliphatic rings. The molecule has 0 spiro atoms. The zero-order valence-corrected chi connectivity index (χ0v) is 11.8. The third-order valence-electron chi connectivity index (χ3n) is 2.53. The summed E-state index contributed by atoms with van der Waals surface area (Å²) in [7, 11) is 0.0368. The van der Waals surface area contributed by atoms with Crippen molar-refractivity contribution in [3.05, 3.63) is 12.3 Å². The van der Waals surface area contributed by atoms with Gasteiger partial charge in [-0.15, -0.1) is 0 Å². The van der Waals surface area contributed by atoms with Crippen LogP contribution in [-0.4, -0.2) is 56.9 Å². The lowest BCUT2D eigenvalue weighted by Gasteiger charge is -2.30. The number of hydrogen-bond acceptors (Lipinski definition) is 4. The normalized spacial score (nSPS) is 13.2. The lowest BCUT2D eigenvalue weighted by molar-refractivity contribution is -0.890. The monoisotopic (exact) mass is 264 g/mol. The molecule has 0 radical (unpaired) electrons. The summed E-state index contributed by atoms with van der Waals surface area (Å²) in [5, 5.41) is 3.15. The van der Waals surface area contributed by atoms with Gasteiger partial charge in [-0.2, -0.15) is 0 Å². The fraction of sp³-hybridized carbons (Fsp3) is 0.818. The van der Waals surface area contributed by atoms with Crippen LogP contribution in [0.4, 0.5) is 0 Å². The van der Waals surface area contributed by atoms with Crippen molar-refractivity contribution in [1.29, 1.82) is 0 Å². The number of allylic oxidation sites excluding steroid dienone is 1. The zero-order chi connectivity index (χ0) is 13.4. The summed E-state index contributed by atoms with van der Waals surface area (Å²) in [6, 6.07) is 0. The molecule has 0 saturated carbocycles. The molecule has 0 aliphatic heterocycles. The van der Waals surface area contributed by atoms with E-state index in [1.54, 1.807) is 0 Å². The van der Waals surface area contributed by atoms with Crippen molar-refractivity contribution in [1.82, 2.24) is 5.32 Å². The van der Waals surface area contributed by atoms with Crippen LogP contribution in [0.1, 0.15) is 19.8 Å². The maximum absolute atomic E-state index is 10.5. The molecule has 17 heavy (non-hydrogen) atoms. The number of nitrogens with one attached hydrogen (secondary N) is 1. The lowest BCUT2D eigenvalue weighted by atomic mass is 10.3. The summed E-state index contributed by atoms with van der Waals surface area (Å²) in [5.41, 5.74) is 0. The van der Waals surface area contributed by atoms with E-state index in [0.29, 0.717) is 13.0 Å². The van der Waals surface area contributed by atoms with E-state index >= 15 is 0 Å². The van der Waals surface area contributed by atoms with E-state index in [0.717, 1.165) is 24.0 Å². The van der Waals surface area contributed by atoms with Gasteiger partial charge in [0.1, 0.15) is 0 Å². The molecule has 1 N–H and O–H groups in total. The minimum Gasteiger partial charge on any atom is -0.748 e. The molecule has 5 nitrogen and oxygen atoms in total. The van der Waals surface area contributed by atoms with E-state index in [9.17, 15) is 13.0 Å². The van der Waals surface area contributed by atoms with E-state index in [1.807, 2.05) is 33.3 Å². The molecule has 0 aromatic rings. The largest absolute Gasteiger partial charge is 0.748 e. The molecule has 0 rings (SSSR count). The minimum absolute atomic E-state index is 0.258. The molecule has 0 aliphatic carbocycles. The fourth-order valence-corrected chi connectivity index (χ4v) is 2.07. The second kappa shape index (κ2) is 7.68. The second-order valence-electron chi connectivity index (χ2n) is 4.81. The highest BCUT2D eigenvalue weighted by atomic mass is 32.2. The summed E-state index contributed by atoms with van der Waals surface area (Å²) < 4.78 is 32.2. The van der Waals surface area contributed by atoms with Gasteiger partial charge in [-0.25, -0.2) is 8.42 Å². The Morgan fingerprint density at radius 3 is 2.35 bits per heavy atom. The van der Waals surface area contributed by atoms with Crippen molar-refractivity contribution >= 4 is 10.1 Å². The molecule has 0 amide bonds. The third-order valence-corrected chi connectivity index (χ3v) is 3.32. The highest BCUT2D eigenvalue weighted by Gasteiger charge is 2.14. The maximum atomic E-state index is 10.5. The first-order valence-electron chi connectivity index (χ1n) is 5.87. The van der Waals surface area contributed by atoms with E-state index in [1.165, 1.54) is 0 Å². The first-order valence-corrected chi connectivity index (χ1v) is 7.45. The van der Waals surface area contributed by atoms with Crippen LogP contribution in [0, 0.1) is 0 Å². The number of nitrogens with zero attached hydrogens (tertiary/aromatic N) is 1. The molecular formula is C11H24N2O3S. The molecule has 0 heterocycles. The fourth-order valence-electron chi connectivity index (χ4n) is 1.59. The third kappa shape index (κ3) is 11.7. The van der Waals surface area contributed by atoms with Crippen LogP contribution in [-0.2, 0) is 10.1 Å². The van der Waals surface area contributed by atoms with Crippen LogP contribution < -0.4 is 5.32 Å². The Bertz CT molecular complexity index is 324. The molecule has 0 saturated heterocycles. The highest BCUT2D eigenvalue weighted by molar-refractivity contribution is 7.85. The standard InChI is InChI=1S/C11H24N2O3S/c1-4-7-12-8-5-9-13(2,3)10-6-11-17(14,15)16/h4,7,12H,5-6,8-11H2,1-3H3. The molecule has 102 valence electrons. The predicted octanol–water partition coefficient (Wildman–Crippen LogP) is 0.511. The summed E-state index contributed by atoms with van der Waals surface area (Å²) >= 11 is 0. The van der Waals surface area contributed by atoms with Gasteiger partial charge in [0, 0.05) is 25.1 Å². The van der Waals surface area contributed by atoms with Crippen molar-refractivity contribution in [2.45, 2.75) is 19.8 Å². The Morgan fingerprint density at radius 1 is 1.24 bits per heavy atom. The Labute approximate surface area is 105 Å². The SMILES string of the molecule is CC=CNCCC[N+](C)(C)CCCS(=O)(=O)[O-]. The van der Waals surface area contributed by atoms with Gasteiger partial charge >= 0.3 is 0 Å². The van der Waals surface area contributed by atoms with Crippen molar-refractivity contribution < 1.29 is 17.5 Å². The Hall–Kier alpha value is -0.590. The van der Waals surface area contributed by atoms with Crippen molar-refractivity contribution in [2.75, 3.05) is 39.5 Å². The first-order chi connectivity index (χ1) is 7.77. The van der Waals surface area contributed by atoms with Crippen molar-refractivity contribution in [3.8, 4) is 0 Å². The van der Waals surface area contributed by atoms with E-state index in [4.69, 9.17) is 0 Å².